The van der Waals surface area contributed by atoms with Crippen molar-refractivity contribution in [3.63, 3.8) is 0 Å². The molecule has 0 heterocycles. The van der Waals surface area contributed by atoms with E-state index in [1.165, 1.54) is 0 Å². The van der Waals surface area contributed by atoms with Gasteiger partial charge in [-0.25, -0.2) is 0 Å². The van der Waals surface area contributed by atoms with Crippen molar-refractivity contribution in [1.29, 1.82) is 0 Å². The van der Waals surface area contributed by atoms with Gasteiger partial charge in [-0.3, -0.25) is 0 Å². The molecule has 0 amide bonds. The Hall–Kier alpha value is 0.182. The standard InChI is InChI=1S/C6H14O2.CH3.2O.Re/c1-5(2,7)6(3,4)8;;;;/h7-8H,1-4H3;1H3;;;/q;-1;;;. The van der Waals surface area contributed by atoms with Crippen LogP contribution in [0.2, 0.25) is 0 Å². The van der Waals surface area contributed by atoms with E-state index < -0.39 is 29.1 Å². The fraction of sp³-hybridized carbons (Fsp3) is 0.857. The molecule has 0 spiro atoms. The molecule has 0 aromatic carbocycles. The summed E-state index contributed by atoms with van der Waals surface area (Å²) in [6.07, 6.45) is 0. The molecule has 77 valence electrons. The molecule has 0 aromatic heterocycles. The average Bonchev–Trinajstić information content (AvgIpc) is 1.60. The molecule has 0 aliphatic rings. The van der Waals surface area contributed by atoms with E-state index in [1.54, 1.807) is 27.7 Å². The molecule has 0 fully saturated rings. The summed E-state index contributed by atoms with van der Waals surface area (Å²) >= 11 is -2.17. The fourth-order valence-electron chi connectivity index (χ4n) is 0. The van der Waals surface area contributed by atoms with Crippen molar-refractivity contribution in [2.45, 2.75) is 38.9 Å². The predicted molar refractivity (Wildman–Crippen MR) is 40.4 cm³/mol. The van der Waals surface area contributed by atoms with Gasteiger partial charge in [-0.1, -0.05) is 0 Å². The van der Waals surface area contributed by atoms with Crippen LogP contribution in [-0.2, 0) is 24.8 Å². The fourth-order valence-corrected chi connectivity index (χ4v) is 0. The Morgan fingerprint density at radius 3 is 1.00 bits per heavy atom. The second-order valence-electron chi connectivity index (χ2n) is 3.18. The second-order valence-corrected chi connectivity index (χ2v) is 3.63. The molecule has 4 nitrogen and oxygen atoms in total. The van der Waals surface area contributed by atoms with Gasteiger partial charge in [0.25, 0.3) is 0 Å². The minimum absolute atomic E-state index is 0. The molecule has 0 saturated carbocycles. The zero-order chi connectivity index (χ0) is 9.71. The third-order valence-electron chi connectivity index (χ3n) is 1.50. The number of aliphatic hydroxyl groups is 2. The van der Waals surface area contributed by atoms with Crippen LogP contribution in [0.15, 0.2) is 0 Å². The van der Waals surface area contributed by atoms with E-state index in [9.17, 15) is 0 Å². The molecule has 12 heavy (non-hydrogen) atoms. The van der Waals surface area contributed by atoms with Gasteiger partial charge < -0.3 is 17.6 Å². The maximum absolute atomic E-state index is 9.10. The van der Waals surface area contributed by atoms with Gasteiger partial charge in [-0.15, -0.1) is 0 Å². The van der Waals surface area contributed by atoms with E-state index in [0.717, 1.165) is 0 Å². The quantitative estimate of drug-likeness (QED) is 0.684. The van der Waals surface area contributed by atoms with Gasteiger partial charge in [0.2, 0.25) is 0 Å². The van der Waals surface area contributed by atoms with E-state index in [4.69, 9.17) is 17.2 Å². The second kappa shape index (κ2) is 6.67. The van der Waals surface area contributed by atoms with Gasteiger partial charge in [-0.2, -0.15) is 0 Å². The summed E-state index contributed by atoms with van der Waals surface area (Å²) in [6.45, 7) is 6.31. The Morgan fingerprint density at radius 1 is 0.917 bits per heavy atom. The molecule has 0 aromatic rings. The van der Waals surface area contributed by atoms with Crippen LogP contribution in [-0.4, -0.2) is 21.4 Å². The van der Waals surface area contributed by atoms with Crippen LogP contribution in [0.5, 0.6) is 0 Å². The average molecular weight is 351 g/mol. The first-order valence-corrected chi connectivity index (χ1v) is 5.22. The topological polar surface area (TPSA) is 74.6 Å². The molecule has 0 unspecified atom stereocenters. The maximum atomic E-state index is 9.10. The Bertz CT molecular complexity index is 124. The Morgan fingerprint density at radius 2 is 1.00 bits per heavy atom. The molecule has 0 aliphatic heterocycles. The molecule has 0 aliphatic carbocycles. The SMILES string of the molecule is CC(C)(O)C(C)(C)O.[CH3-].[O]=[Re]=[O]. The monoisotopic (exact) mass is 352 g/mol. The van der Waals surface area contributed by atoms with E-state index in [2.05, 4.69) is 0 Å². The van der Waals surface area contributed by atoms with Gasteiger partial charge in [0.05, 0.1) is 11.2 Å². The summed E-state index contributed by atoms with van der Waals surface area (Å²) in [7, 11) is 0. The van der Waals surface area contributed by atoms with Crippen molar-refractivity contribution < 1.29 is 35.0 Å². The normalized spacial score (nSPS) is 10.5. The summed E-state index contributed by atoms with van der Waals surface area (Å²) in [5.41, 5.74) is -2.01. The summed E-state index contributed by atoms with van der Waals surface area (Å²) in [5.74, 6) is 0. The van der Waals surface area contributed by atoms with E-state index in [1.807, 2.05) is 0 Å². The Labute approximate surface area is 81.7 Å². The van der Waals surface area contributed by atoms with Crippen molar-refractivity contribution in [1.82, 2.24) is 0 Å². The zero-order valence-electron chi connectivity index (χ0n) is 8.09. The summed E-state index contributed by atoms with van der Waals surface area (Å²) in [4.78, 5) is 0. The third-order valence-corrected chi connectivity index (χ3v) is 1.50. The summed E-state index contributed by atoms with van der Waals surface area (Å²) in [5, 5.41) is 18.2. The molecular weight excluding hydrogens is 334 g/mol. The number of hydrogen-bond donors (Lipinski definition) is 2. The van der Waals surface area contributed by atoms with Crippen molar-refractivity contribution in [2.24, 2.45) is 0 Å². The van der Waals surface area contributed by atoms with Crippen LogP contribution in [0.1, 0.15) is 27.7 Å². The first-order chi connectivity index (χ1) is 4.66. The van der Waals surface area contributed by atoms with Crippen LogP contribution in [0.3, 0.4) is 0 Å². The van der Waals surface area contributed by atoms with E-state index >= 15 is 0 Å². The number of hydrogen-bond acceptors (Lipinski definition) is 4. The van der Waals surface area contributed by atoms with Crippen molar-refractivity contribution in [3.05, 3.63) is 7.43 Å². The first-order valence-electron chi connectivity index (χ1n) is 3.01. The zero-order valence-corrected chi connectivity index (χ0v) is 10.8. The van der Waals surface area contributed by atoms with Crippen LogP contribution in [0, 0.1) is 7.43 Å². The molecule has 0 radical (unpaired) electrons. The first kappa shape index (κ1) is 18.1. The van der Waals surface area contributed by atoms with Gasteiger partial charge in [0.1, 0.15) is 0 Å². The van der Waals surface area contributed by atoms with Crippen molar-refractivity contribution in [2.75, 3.05) is 0 Å². The Balaban J connectivity index is -0.000000177. The molecule has 0 rings (SSSR count). The van der Waals surface area contributed by atoms with E-state index in [0.29, 0.717) is 0 Å². The predicted octanol–water partition coefficient (Wildman–Crippen LogP) is 0.738. The molecule has 0 bridgehead atoms. The third kappa shape index (κ3) is 10.2. The summed E-state index contributed by atoms with van der Waals surface area (Å²) in [6, 6.07) is 0. The molecule has 2 N–H and O–H groups in total. The van der Waals surface area contributed by atoms with Crippen LogP contribution in [0.25, 0.3) is 0 Å². The number of rotatable bonds is 1. The van der Waals surface area contributed by atoms with Gasteiger partial charge in [0, 0.05) is 0 Å². The van der Waals surface area contributed by atoms with Crippen molar-refractivity contribution >= 4 is 0 Å². The minimum atomic E-state index is -2.17. The molecule has 0 saturated heterocycles. The molecular formula is C7H17O4Re-. The molecule has 0 atom stereocenters. The van der Waals surface area contributed by atoms with Crippen molar-refractivity contribution in [3.8, 4) is 0 Å². The van der Waals surface area contributed by atoms with Gasteiger partial charge >= 0.3 is 24.8 Å². The molecule has 5 heteroatoms. The van der Waals surface area contributed by atoms with Gasteiger partial charge in [-0.05, 0) is 27.7 Å². The summed E-state index contributed by atoms with van der Waals surface area (Å²) < 4.78 is 17.1. The van der Waals surface area contributed by atoms with Crippen LogP contribution < -0.4 is 0 Å². The Kier molecular flexibility index (Phi) is 10.0. The van der Waals surface area contributed by atoms with Gasteiger partial charge in [0.15, 0.2) is 0 Å². The van der Waals surface area contributed by atoms with Crippen LogP contribution >= 0.6 is 0 Å². The van der Waals surface area contributed by atoms with E-state index in [-0.39, 0.29) is 7.43 Å². The van der Waals surface area contributed by atoms with Crippen LogP contribution in [0.4, 0.5) is 0 Å².